The van der Waals surface area contributed by atoms with Gasteiger partial charge in [0.1, 0.15) is 0 Å². The molecule has 0 aliphatic carbocycles. The fourth-order valence-corrected chi connectivity index (χ4v) is 4.27. The molecule has 1 saturated heterocycles. The normalized spacial score (nSPS) is 21.9. The van der Waals surface area contributed by atoms with Crippen LogP contribution in [0.5, 0.6) is 0 Å². The van der Waals surface area contributed by atoms with E-state index in [1.54, 1.807) is 0 Å². The second-order valence-corrected chi connectivity index (χ2v) is 7.13. The lowest BCUT2D eigenvalue weighted by Crippen LogP contribution is -2.48. The maximum absolute atomic E-state index is 6.44. The van der Waals surface area contributed by atoms with Crippen molar-refractivity contribution in [2.24, 2.45) is 0 Å². The van der Waals surface area contributed by atoms with Crippen LogP contribution in [0, 0.1) is 0 Å². The number of halogens is 2. The van der Waals surface area contributed by atoms with Crippen molar-refractivity contribution < 1.29 is 0 Å². The van der Waals surface area contributed by atoms with Crippen LogP contribution in [0.15, 0.2) is 18.2 Å². The molecule has 0 amide bonds. The molecule has 1 aromatic carbocycles. The Bertz CT molecular complexity index is 442. The third-order valence-corrected chi connectivity index (χ3v) is 5.64. The van der Waals surface area contributed by atoms with E-state index in [9.17, 15) is 0 Å². The molecule has 1 aromatic rings. The quantitative estimate of drug-likeness (QED) is 0.874. The van der Waals surface area contributed by atoms with E-state index >= 15 is 0 Å². The number of rotatable bonds is 5. The van der Waals surface area contributed by atoms with Crippen molar-refractivity contribution in [3.63, 3.8) is 0 Å². The molecule has 2 atom stereocenters. The smallest absolute Gasteiger partial charge is 0.0640 e. The maximum atomic E-state index is 6.44. The van der Waals surface area contributed by atoms with Gasteiger partial charge in [0.15, 0.2) is 0 Å². The zero-order valence-electron chi connectivity index (χ0n) is 12.0. The Kier molecular flexibility index (Phi) is 6.50. The van der Waals surface area contributed by atoms with Gasteiger partial charge in [-0.25, -0.2) is 0 Å². The number of nitrogens with zero attached hydrogens (tertiary/aromatic N) is 1. The van der Waals surface area contributed by atoms with Gasteiger partial charge in [0.25, 0.3) is 0 Å². The third-order valence-electron chi connectivity index (χ3n) is 3.76. The molecule has 1 N–H and O–H groups in total. The van der Waals surface area contributed by atoms with E-state index in [4.69, 9.17) is 23.2 Å². The molecule has 1 heterocycles. The van der Waals surface area contributed by atoms with Crippen LogP contribution < -0.4 is 5.32 Å². The first-order valence-electron chi connectivity index (χ1n) is 7.10. The average Bonchev–Trinajstić information content (AvgIpc) is 2.45. The molecule has 1 aliphatic rings. The molecule has 2 unspecified atom stereocenters. The van der Waals surface area contributed by atoms with E-state index in [0.29, 0.717) is 16.1 Å². The van der Waals surface area contributed by atoms with Crippen LogP contribution in [0.4, 0.5) is 0 Å². The Balaban J connectivity index is 2.28. The lowest BCUT2D eigenvalue weighted by atomic mass is 9.98. The summed E-state index contributed by atoms with van der Waals surface area (Å²) in [5, 5.41) is 4.98. The summed E-state index contributed by atoms with van der Waals surface area (Å²) in [6.07, 6.45) is 1.11. The van der Waals surface area contributed by atoms with E-state index in [1.807, 2.05) is 23.9 Å². The summed E-state index contributed by atoms with van der Waals surface area (Å²) < 4.78 is 0. The first-order valence-corrected chi connectivity index (χ1v) is 9.01. The highest BCUT2D eigenvalue weighted by Gasteiger charge is 2.30. The summed E-state index contributed by atoms with van der Waals surface area (Å²) >= 11 is 14.6. The van der Waals surface area contributed by atoms with Crippen LogP contribution in [-0.2, 0) is 0 Å². The van der Waals surface area contributed by atoms with E-state index in [0.717, 1.165) is 30.8 Å². The first kappa shape index (κ1) is 16.4. The Morgan fingerprint density at radius 1 is 1.45 bits per heavy atom. The molecule has 1 aliphatic heterocycles. The number of nitrogens with one attached hydrogen (secondary N) is 1. The van der Waals surface area contributed by atoms with Gasteiger partial charge < -0.3 is 5.32 Å². The molecule has 20 heavy (non-hydrogen) atoms. The predicted octanol–water partition coefficient (Wildman–Crippen LogP) is 4.08. The highest BCUT2D eigenvalue weighted by Crippen LogP contribution is 2.34. The van der Waals surface area contributed by atoms with Crippen LogP contribution in [-0.4, -0.2) is 42.6 Å². The van der Waals surface area contributed by atoms with Gasteiger partial charge in [-0.1, -0.05) is 42.3 Å². The van der Waals surface area contributed by atoms with Crippen LogP contribution in [0.2, 0.25) is 10.0 Å². The zero-order chi connectivity index (χ0) is 14.5. The fourth-order valence-electron chi connectivity index (χ4n) is 2.57. The Morgan fingerprint density at radius 3 is 2.95 bits per heavy atom. The number of thioether (sulfide) groups is 1. The number of benzene rings is 1. The molecular weight excluding hydrogens is 311 g/mol. The van der Waals surface area contributed by atoms with E-state index in [-0.39, 0.29) is 6.04 Å². The lowest BCUT2D eigenvalue weighted by molar-refractivity contribution is 0.216. The number of likely N-dealkylation sites (N-methyl/N-ethyl adjacent to an activating group) is 1. The lowest BCUT2D eigenvalue weighted by Gasteiger charge is -2.38. The van der Waals surface area contributed by atoms with Gasteiger partial charge in [-0.2, -0.15) is 11.8 Å². The van der Waals surface area contributed by atoms with Crippen molar-refractivity contribution in [2.75, 3.05) is 31.6 Å². The minimum absolute atomic E-state index is 0.235. The highest BCUT2D eigenvalue weighted by molar-refractivity contribution is 7.99. The molecule has 112 valence electrons. The molecule has 0 spiro atoms. The molecular formula is C15H22Cl2N2S. The SMILES string of the molecule is CCCNC(c1cccc(Cl)c1Cl)C1CSCCN1C. The standard InChI is InChI=1S/C15H22Cl2N2S/c1-3-7-18-15(13-10-20-9-8-19(13)2)11-5-4-6-12(16)14(11)17/h4-6,13,15,18H,3,7-10H2,1-2H3. The zero-order valence-corrected chi connectivity index (χ0v) is 14.4. The Labute approximate surface area is 136 Å². The van der Waals surface area contributed by atoms with Gasteiger partial charge in [-0.15, -0.1) is 0 Å². The largest absolute Gasteiger partial charge is 0.309 e. The van der Waals surface area contributed by atoms with Crippen LogP contribution in [0.25, 0.3) is 0 Å². The minimum Gasteiger partial charge on any atom is -0.309 e. The molecule has 2 rings (SSSR count). The molecule has 2 nitrogen and oxygen atoms in total. The first-order chi connectivity index (χ1) is 9.65. The van der Waals surface area contributed by atoms with Gasteiger partial charge in [-0.05, 0) is 31.6 Å². The molecule has 0 radical (unpaired) electrons. The van der Waals surface area contributed by atoms with Crippen molar-refractivity contribution in [2.45, 2.75) is 25.4 Å². The summed E-state index contributed by atoms with van der Waals surface area (Å²) in [6, 6.07) is 6.62. The van der Waals surface area contributed by atoms with E-state index in [1.165, 1.54) is 5.75 Å². The fraction of sp³-hybridized carbons (Fsp3) is 0.600. The third kappa shape index (κ3) is 3.83. The predicted molar refractivity (Wildman–Crippen MR) is 91.2 cm³/mol. The van der Waals surface area contributed by atoms with Gasteiger partial charge in [0.05, 0.1) is 16.1 Å². The van der Waals surface area contributed by atoms with Crippen molar-refractivity contribution in [3.8, 4) is 0 Å². The minimum atomic E-state index is 0.235. The van der Waals surface area contributed by atoms with Crippen LogP contribution >= 0.6 is 35.0 Å². The monoisotopic (exact) mass is 332 g/mol. The van der Waals surface area contributed by atoms with Gasteiger partial charge >= 0.3 is 0 Å². The molecule has 0 saturated carbocycles. The van der Waals surface area contributed by atoms with Crippen LogP contribution in [0.1, 0.15) is 24.9 Å². The van der Waals surface area contributed by atoms with E-state index < -0.39 is 0 Å². The van der Waals surface area contributed by atoms with Gasteiger partial charge in [0.2, 0.25) is 0 Å². The molecule has 5 heteroatoms. The second kappa shape index (κ2) is 7.90. The average molecular weight is 333 g/mol. The Morgan fingerprint density at radius 2 is 2.25 bits per heavy atom. The number of hydrogen-bond donors (Lipinski definition) is 1. The molecule has 0 bridgehead atoms. The van der Waals surface area contributed by atoms with Crippen molar-refractivity contribution in [3.05, 3.63) is 33.8 Å². The highest BCUT2D eigenvalue weighted by atomic mass is 35.5. The maximum Gasteiger partial charge on any atom is 0.0640 e. The van der Waals surface area contributed by atoms with Crippen molar-refractivity contribution in [1.82, 2.24) is 10.2 Å². The summed E-state index contributed by atoms with van der Waals surface area (Å²) in [5.74, 6) is 2.33. The van der Waals surface area contributed by atoms with Gasteiger partial charge in [-0.3, -0.25) is 4.90 Å². The number of hydrogen-bond acceptors (Lipinski definition) is 3. The van der Waals surface area contributed by atoms with Crippen molar-refractivity contribution in [1.29, 1.82) is 0 Å². The summed E-state index contributed by atoms with van der Waals surface area (Å²) in [6.45, 7) is 4.29. The van der Waals surface area contributed by atoms with Gasteiger partial charge in [0, 0.05) is 24.1 Å². The second-order valence-electron chi connectivity index (χ2n) is 5.20. The topological polar surface area (TPSA) is 15.3 Å². The summed E-state index contributed by atoms with van der Waals surface area (Å²) in [7, 11) is 2.20. The van der Waals surface area contributed by atoms with Crippen LogP contribution in [0.3, 0.4) is 0 Å². The molecule has 0 aromatic heterocycles. The van der Waals surface area contributed by atoms with Crippen molar-refractivity contribution >= 4 is 35.0 Å². The summed E-state index contributed by atoms with van der Waals surface area (Å²) in [4.78, 5) is 2.43. The van der Waals surface area contributed by atoms with E-state index in [2.05, 4.69) is 30.3 Å². The summed E-state index contributed by atoms with van der Waals surface area (Å²) in [5.41, 5.74) is 1.12. The Hall–Kier alpha value is 0.0700. The molecule has 1 fully saturated rings.